The van der Waals surface area contributed by atoms with Crippen molar-refractivity contribution in [2.75, 3.05) is 6.61 Å². The fourth-order valence-corrected chi connectivity index (χ4v) is 1.73. The molecule has 0 aliphatic carbocycles. The Labute approximate surface area is 87.0 Å². The fraction of sp³-hybridized carbons (Fsp3) is 0.300. The summed E-state index contributed by atoms with van der Waals surface area (Å²) >= 11 is 5.89. The quantitative estimate of drug-likeness (QED) is 0.710. The Bertz CT molecular complexity index is 411. The number of nitrogens with two attached hydrogens (primary N) is 1. The predicted octanol–water partition coefficient (Wildman–Crippen LogP) is 1.99. The van der Waals surface area contributed by atoms with Crippen LogP contribution in [0.4, 0.5) is 0 Å². The maximum absolute atomic E-state index is 8.76. The van der Waals surface area contributed by atoms with Crippen LogP contribution in [-0.4, -0.2) is 6.61 Å². The minimum atomic E-state index is -0.0380. The summed E-state index contributed by atoms with van der Waals surface area (Å²) in [4.78, 5) is 0. The molecule has 1 aliphatic heterocycles. The lowest BCUT2D eigenvalue weighted by Gasteiger charge is -2.23. The lowest BCUT2D eigenvalue weighted by atomic mass is 10.00. The minimum Gasteiger partial charge on any atom is -0.493 e. The van der Waals surface area contributed by atoms with Crippen molar-refractivity contribution in [1.29, 1.82) is 5.26 Å². The van der Waals surface area contributed by atoms with E-state index < -0.39 is 0 Å². The number of hydrogen-bond donors (Lipinski definition) is 1. The lowest BCUT2D eigenvalue weighted by molar-refractivity contribution is 0.269. The molecule has 0 radical (unpaired) electrons. The molecule has 1 aromatic rings. The van der Waals surface area contributed by atoms with Crippen molar-refractivity contribution in [3.63, 3.8) is 0 Å². The Balaban J connectivity index is 2.55. The lowest BCUT2D eigenvalue weighted by Crippen LogP contribution is -2.20. The highest BCUT2D eigenvalue weighted by molar-refractivity contribution is 6.31. The van der Waals surface area contributed by atoms with Crippen LogP contribution < -0.4 is 10.5 Å². The van der Waals surface area contributed by atoms with Crippen molar-refractivity contribution in [3.05, 3.63) is 28.3 Å². The van der Waals surface area contributed by atoms with E-state index in [4.69, 9.17) is 27.3 Å². The Morgan fingerprint density at radius 2 is 2.36 bits per heavy atom. The van der Waals surface area contributed by atoms with Crippen molar-refractivity contribution in [1.82, 2.24) is 0 Å². The summed E-state index contributed by atoms with van der Waals surface area (Å²) in [5.74, 6) is 0.685. The molecule has 0 saturated carbocycles. The number of halogens is 1. The Kier molecular flexibility index (Phi) is 2.32. The van der Waals surface area contributed by atoms with Gasteiger partial charge in [0.05, 0.1) is 17.2 Å². The smallest absolute Gasteiger partial charge is 0.125 e. The summed E-state index contributed by atoms with van der Waals surface area (Å²) < 4.78 is 5.40. The van der Waals surface area contributed by atoms with E-state index in [1.54, 1.807) is 12.1 Å². The SMILES string of the molecule is N#Cc1cc2c(cc1Cl)C(N)CCO2. The molecule has 0 bridgehead atoms. The molecular formula is C10H9ClN2O. The molecule has 1 unspecified atom stereocenters. The van der Waals surface area contributed by atoms with Crippen LogP contribution in [0.5, 0.6) is 5.75 Å². The number of fused-ring (bicyclic) bond motifs is 1. The first-order chi connectivity index (χ1) is 6.72. The van der Waals surface area contributed by atoms with Gasteiger partial charge in [0.2, 0.25) is 0 Å². The monoisotopic (exact) mass is 208 g/mol. The van der Waals surface area contributed by atoms with E-state index in [0.29, 0.717) is 22.9 Å². The van der Waals surface area contributed by atoms with Gasteiger partial charge in [-0.1, -0.05) is 11.6 Å². The molecular weight excluding hydrogens is 200 g/mol. The van der Waals surface area contributed by atoms with Crippen LogP contribution in [-0.2, 0) is 0 Å². The third-order valence-electron chi connectivity index (χ3n) is 2.31. The van der Waals surface area contributed by atoms with Gasteiger partial charge in [0.15, 0.2) is 0 Å². The van der Waals surface area contributed by atoms with Gasteiger partial charge >= 0.3 is 0 Å². The molecule has 2 N–H and O–H groups in total. The number of nitriles is 1. The number of ether oxygens (including phenoxy) is 1. The topological polar surface area (TPSA) is 59.0 Å². The van der Waals surface area contributed by atoms with E-state index in [9.17, 15) is 0 Å². The van der Waals surface area contributed by atoms with Gasteiger partial charge in [-0.3, -0.25) is 0 Å². The molecule has 2 rings (SSSR count). The maximum atomic E-state index is 8.76. The highest BCUT2D eigenvalue weighted by Gasteiger charge is 2.19. The largest absolute Gasteiger partial charge is 0.493 e. The van der Waals surface area contributed by atoms with Crippen molar-refractivity contribution < 1.29 is 4.74 Å². The zero-order chi connectivity index (χ0) is 10.1. The highest BCUT2D eigenvalue weighted by Crippen LogP contribution is 2.34. The summed E-state index contributed by atoms with van der Waals surface area (Å²) in [6.07, 6.45) is 0.787. The van der Waals surface area contributed by atoms with Crippen molar-refractivity contribution in [2.45, 2.75) is 12.5 Å². The second-order valence-electron chi connectivity index (χ2n) is 3.23. The Hall–Kier alpha value is -1.24. The number of nitrogens with zero attached hydrogens (tertiary/aromatic N) is 1. The first-order valence-corrected chi connectivity index (χ1v) is 4.72. The highest BCUT2D eigenvalue weighted by atomic mass is 35.5. The molecule has 1 aliphatic rings. The van der Waals surface area contributed by atoms with Crippen molar-refractivity contribution in [2.24, 2.45) is 5.73 Å². The minimum absolute atomic E-state index is 0.0380. The summed E-state index contributed by atoms with van der Waals surface area (Å²) in [6, 6.07) is 5.34. The van der Waals surface area contributed by atoms with Crippen molar-refractivity contribution >= 4 is 11.6 Å². The molecule has 0 amide bonds. The molecule has 1 aromatic carbocycles. The maximum Gasteiger partial charge on any atom is 0.125 e. The van der Waals surface area contributed by atoms with E-state index in [1.807, 2.05) is 6.07 Å². The van der Waals surface area contributed by atoms with Crippen LogP contribution in [0.15, 0.2) is 12.1 Å². The van der Waals surface area contributed by atoms with E-state index >= 15 is 0 Å². The second kappa shape index (κ2) is 3.49. The van der Waals surface area contributed by atoms with Gasteiger partial charge in [0, 0.05) is 18.0 Å². The third-order valence-corrected chi connectivity index (χ3v) is 2.62. The summed E-state index contributed by atoms with van der Waals surface area (Å²) in [5, 5.41) is 9.20. The van der Waals surface area contributed by atoms with Crippen LogP contribution in [0.2, 0.25) is 5.02 Å². The number of rotatable bonds is 0. The van der Waals surface area contributed by atoms with E-state index in [-0.39, 0.29) is 6.04 Å². The average molecular weight is 209 g/mol. The second-order valence-corrected chi connectivity index (χ2v) is 3.63. The molecule has 4 heteroatoms. The molecule has 0 spiro atoms. The molecule has 3 nitrogen and oxygen atoms in total. The fourth-order valence-electron chi connectivity index (χ4n) is 1.52. The van der Waals surface area contributed by atoms with Gasteiger partial charge in [0.25, 0.3) is 0 Å². The summed E-state index contributed by atoms with van der Waals surface area (Å²) in [5.41, 5.74) is 7.20. The summed E-state index contributed by atoms with van der Waals surface area (Å²) in [6.45, 7) is 0.598. The molecule has 0 saturated heterocycles. The molecule has 1 atom stereocenters. The van der Waals surface area contributed by atoms with Gasteiger partial charge in [-0.25, -0.2) is 0 Å². The van der Waals surface area contributed by atoms with Gasteiger partial charge in [-0.2, -0.15) is 5.26 Å². The molecule has 0 aromatic heterocycles. The van der Waals surface area contributed by atoms with Crippen LogP contribution in [0, 0.1) is 11.3 Å². The molecule has 0 fully saturated rings. The zero-order valence-corrected chi connectivity index (χ0v) is 8.21. The zero-order valence-electron chi connectivity index (χ0n) is 7.46. The number of hydrogen-bond acceptors (Lipinski definition) is 3. The first-order valence-electron chi connectivity index (χ1n) is 4.34. The normalized spacial score (nSPS) is 19.4. The summed E-state index contributed by atoms with van der Waals surface area (Å²) in [7, 11) is 0. The van der Waals surface area contributed by atoms with Gasteiger partial charge in [0.1, 0.15) is 11.8 Å². The third kappa shape index (κ3) is 1.43. The molecule has 1 heterocycles. The van der Waals surface area contributed by atoms with Crippen LogP contribution >= 0.6 is 11.6 Å². The van der Waals surface area contributed by atoms with E-state index in [0.717, 1.165) is 12.0 Å². The Morgan fingerprint density at radius 3 is 3.07 bits per heavy atom. The van der Waals surface area contributed by atoms with Gasteiger partial charge < -0.3 is 10.5 Å². The Morgan fingerprint density at radius 1 is 1.57 bits per heavy atom. The van der Waals surface area contributed by atoms with Crippen LogP contribution in [0.3, 0.4) is 0 Å². The number of benzene rings is 1. The van der Waals surface area contributed by atoms with Gasteiger partial charge in [-0.05, 0) is 12.1 Å². The average Bonchev–Trinajstić information content (AvgIpc) is 2.19. The van der Waals surface area contributed by atoms with E-state index in [1.165, 1.54) is 0 Å². The standard InChI is InChI=1S/C10H9ClN2O/c11-8-4-7-9(13)1-2-14-10(7)3-6(8)5-12/h3-4,9H,1-2,13H2. The van der Waals surface area contributed by atoms with Gasteiger partial charge in [-0.15, -0.1) is 0 Å². The predicted molar refractivity (Wildman–Crippen MR) is 53.2 cm³/mol. The first kappa shape index (κ1) is 9.32. The van der Waals surface area contributed by atoms with Crippen LogP contribution in [0.1, 0.15) is 23.6 Å². The van der Waals surface area contributed by atoms with Crippen molar-refractivity contribution in [3.8, 4) is 11.8 Å². The van der Waals surface area contributed by atoms with E-state index in [2.05, 4.69) is 0 Å². The molecule has 72 valence electrons. The van der Waals surface area contributed by atoms with Crippen LogP contribution in [0.25, 0.3) is 0 Å². The molecule has 14 heavy (non-hydrogen) atoms.